The van der Waals surface area contributed by atoms with E-state index in [2.05, 4.69) is 0 Å². The van der Waals surface area contributed by atoms with E-state index in [-0.39, 0.29) is 12.8 Å². The topological polar surface area (TPSA) is 57.5 Å². The number of carboxylic acids is 1. The molecule has 1 aliphatic carbocycles. The van der Waals surface area contributed by atoms with Crippen molar-refractivity contribution in [2.24, 2.45) is 5.41 Å². The van der Waals surface area contributed by atoms with Gasteiger partial charge in [0.25, 0.3) is 5.92 Å². The Morgan fingerprint density at radius 2 is 2.00 bits per heavy atom. The Hall–Kier alpha value is -0.710. The first-order chi connectivity index (χ1) is 5.29. The molecule has 5 heteroatoms. The standard InChI is InChI=1S/C7H10F2O3/c1-6(8,9)7(5(11)12)2-4(10)3-7/h4,10H,2-3H2,1H3,(H,11,12). The van der Waals surface area contributed by atoms with E-state index in [9.17, 15) is 13.6 Å². The molecule has 3 nitrogen and oxygen atoms in total. The highest BCUT2D eigenvalue weighted by atomic mass is 19.3. The van der Waals surface area contributed by atoms with Gasteiger partial charge in [-0.3, -0.25) is 4.79 Å². The van der Waals surface area contributed by atoms with Crippen LogP contribution < -0.4 is 0 Å². The second-order valence-electron chi connectivity index (χ2n) is 3.34. The van der Waals surface area contributed by atoms with Gasteiger partial charge in [-0.2, -0.15) is 0 Å². The number of carbonyl (C=O) groups is 1. The number of hydrogen-bond donors (Lipinski definition) is 2. The minimum atomic E-state index is -3.27. The molecule has 0 unspecified atom stereocenters. The van der Waals surface area contributed by atoms with Gasteiger partial charge in [-0.25, -0.2) is 8.78 Å². The van der Waals surface area contributed by atoms with Crippen LogP contribution in [0, 0.1) is 5.41 Å². The van der Waals surface area contributed by atoms with E-state index in [1.165, 1.54) is 0 Å². The zero-order valence-electron chi connectivity index (χ0n) is 6.55. The number of aliphatic carboxylic acids is 1. The van der Waals surface area contributed by atoms with E-state index in [0.29, 0.717) is 6.92 Å². The van der Waals surface area contributed by atoms with Gasteiger partial charge in [0, 0.05) is 6.92 Å². The monoisotopic (exact) mass is 180 g/mol. The van der Waals surface area contributed by atoms with Crippen LogP contribution in [-0.4, -0.2) is 28.2 Å². The van der Waals surface area contributed by atoms with Crippen LogP contribution in [-0.2, 0) is 4.79 Å². The highest BCUT2D eigenvalue weighted by Gasteiger charge is 2.63. The summed E-state index contributed by atoms with van der Waals surface area (Å²) >= 11 is 0. The van der Waals surface area contributed by atoms with E-state index in [0.717, 1.165) is 0 Å². The first-order valence-electron chi connectivity index (χ1n) is 3.59. The zero-order chi connectivity index (χ0) is 9.57. The summed E-state index contributed by atoms with van der Waals surface area (Å²) in [4.78, 5) is 10.5. The SMILES string of the molecule is CC(F)(F)C1(C(=O)O)CC(O)C1. The summed E-state index contributed by atoms with van der Waals surface area (Å²) in [7, 11) is 0. The lowest BCUT2D eigenvalue weighted by Crippen LogP contribution is -2.56. The van der Waals surface area contributed by atoms with Crippen molar-refractivity contribution in [3.63, 3.8) is 0 Å². The van der Waals surface area contributed by atoms with Gasteiger partial charge in [-0.15, -0.1) is 0 Å². The molecule has 0 aromatic rings. The van der Waals surface area contributed by atoms with Crippen molar-refractivity contribution < 1.29 is 23.8 Å². The van der Waals surface area contributed by atoms with Gasteiger partial charge in [-0.05, 0) is 12.8 Å². The minimum absolute atomic E-state index is 0.355. The molecule has 1 fully saturated rings. The molecule has 12 heavy (non-hydrogen) atoms. The molecule has 70 valence electrons. The van der Waals surface area contributed by atoms with Crippen LogP contribution in [0.15, 0.2) is 0 Å². The molecular weight excluding hydrogens is 170 g/mol. The highest BCUT2D eigenvalue weighted by molar-refractivity contribution is 5.77. The second-order valence-corrected chi connectivity index (χ2v) is 3.34. The lowest BCUT2D eigenvalue weighted by Gasteiger charge is -2.45. The number of rotatable bonds is 2. The Morgan fingerprint density at radius 1 is 1.58 bits per heavy atom. The molecule has 0 radical (unpaired) electrons. The van der Waals surface area contributed by atoms with Crippen molar-refractivity contribution in [3.05, 3.63) is 0 Å². The molecule has 2 N–H and O–H groups in total. The van der Waals surface area contributed by atoms with Crippen LogP contribution in [0.5, 0.6) is 0 Å². The molecule has 0 aromatic carbocycles. The van der Waals surface area contributed by atoms with Crippen LogP contribution in [0.1, 0.15) is 19.8 Å². The largest absolute Gasteiger partial charge is 0.481 e. The first-order valence-corrected chi connectivity index (χ1v) is 3.59. The number of halogens is 2. The third-order valence-electron chi connectivity index (χ3n) is 2.42. The van der Waals surface area contributed by atoms with Gasteiger partial charge in [0.1, 0.15) is 5.41 Å². The number of aliphatic hydroxyl groups is 1. The summed E-state index contributed by atoms with van der Waals surface area (Å²) in [5, 5.41) is 17.3. The molecule has 1 rings (SSSR count). The van der Waals surface area contributed by atoms with Gasteiger partial charge in [0.05, 0.1) is 6.10 Å². The van der Waals surface area contributed by atoms with Crippen molar-refractivity contribution in [1.29, 1.82) is 0 Å². The molecule has 1 saturated carbocycles. The molecule has 0 heterocycles. The summed E-state index contributed by atoms with van der Waals surface area (Å²) < 4.78 is 25.5. The maximum absolute atomic E-state index is 12.8. The zero-order valence-corrected chi connectivity index (χ0v) is 6.55. The third-order valence-corrected chi connectivity index (χ3v) is 2.42. The van der Waals surface area contributed by atoms with Crippen LogP contribution in [0.3, 0.4) is 0 Å². The van der Waals surface area contributed by atoms with Crippen molar-refractivity contribution in [2.45, 2.75) is 31.8 Å². The van der Waals surface area contributed by atoms with Gasteiger partial charge in [-0.1, -0.05) is 0 Å². The predicted octanol–water partition coefficient (Wildman–Crippen LogP) is 0.867. The summed E-state index contributed by atoms with van der Waals surface area (Å²) in [6.07, 6.45) is -1.61. The van der Waals surface area contributed by atoms with Gasteiger partial charge >= 0.3 is 5.97 Å². The Morgan fingerprint density at radius 3 is 2.08 bits per heavy atom. The lowest BCUT2D eigenvalue weighted by atomic mass is 9.63. The molecule has 0 aliphatic heterocycles. The molecule has 0 amide bonds. The quantitative estimate of drug-likeness (QED) is 0.662. The molecular formula is C7H10F2O3. The fourth-order valence-corrected chi connectivity index (χ4v) is 1.47. The molecule has 0 aromatic heterocycles. The minimum Gasteiger partial charge on any atom is -0.481 e. The fraction of sp³-hybridized carbons (Fsp3) is 0.857. The van der Waals surface area contributed by atoms with E-state index in [1.807, 2.05) is 0 Å². The van der Waals surface area contributed by atoms with E-state index >= 15 is 0 Å². The van der Waals surface area contributed by atoms with Crippen LogP contribution in [0.2, 0.25) is 0 Å². The van der Waals surface area contributed by atoms with Gasteiger partial charge in [0.15, 0.2) is 0 Å². The average molecular weight is 180 g/mol. The normalized spacial score (nSPS) is 35.8. The van der Waals surface area contributed by atoms with Gasteiger partial charge < -0.3 is 10.2 Å². The maximum atomic E-state index is 12.8. The molecule has 0 saturated heterocycles. The van der Waals surface area contributed by atoms with E-state index in [4.69, 9.17) is 10.2 Å². The van der Waals surface area contributed by atoms with Crippen molar-refractivity contribution in [1.82, 2.24) is 0 Å². The summed E-state index contributed by atoms with van der Waals surface area (Å²) in [5.74, 6) is -4.79. The van der Waals surface area contributed by atoms with Crippen molar-refractivity contribution >= 4 is 5.97 Å². The van der Waals surface area contributed by atoms with E-state index < -0.39 is 23.4 Å². The average Bonchev–Trinajstić information content (AvgIpc) is 1.76. The second kappa shape index (κ2) is 2.39. The Balaban J connectivity index is 2.84. The summed E-state index contributed by atoms with van der Waals surface area (Å²) in [6, 6.07) is 0. The third kappa shape index (κ3) is 1.08. The lowest BCUT2D eigenvalue weighted by molar-refractivity contribution is -0.211. The Bertz CT molecular complexity index is 203. The highest BCUT2D eigenvalue weighted by Crippen LogP contribution is 2.52. The molecule has 1 aliphatic rings. The smallest absolute Gasteiger partial charge is 0.315 e. The fourth-order valence-electron chi connectivity index (χ4n) is 1.47. The molecule has 0 atom stereocenters. The Labute approximate surface area is 68.0 Å². The predicted molar refractivity (Wildman–Crippen MR) is 35.9 cm³/mol. The maximum Gasteiger partial charge on any atom is 0.315 e. The van der Waals surface area contributed by atoms with Crippen molar-refractivity contribution in [2.75, 3.05) is 0 Å². The molecule has 0 bridgehead atoms. The van der Waals surface area contributed by atoms with Crippen LogP contribution >= 0.6 is 0 Å². The van der Waals surface area contributed by atoms with Gasteiger partial charge in [0.2, 0.25) is 0 Å². The summed E-state index contributed by atoms with van der Waals surface area (Å²) in [6.45, 7) is 0.576. The van der Waals surface area contributed by atoms with Crippen LogP contribution in [0.25, 0.3) is 0 Å². The summed E-state index contributed by atoms with van der Waals surface area (Å²) in [5.41, 5.74) is -2.04. The number of alkyl halides is 2. The first kappa shape index (κ1) is 9.38. The van der Waals surface area contributed by atoms with Crippen molar-refractivity contribution in [3.8, 4) is 0 Å². The van der Waals surface area contributed by atoms with E-state index in [1.54, 1.807) is 0 Å². The number of carboxylic acid groups (broad SMARTS) is 1. The number of aliphatic hydroxyl groups excluding tert-OH is 1. The van der Waals surface area contributed by atoms with Crippen LogP contribution in [0.4, 0.5) is 8.78 Å². The number of hydrogen-bond acceptors (Lipinski definition) is 2. The Kier molecular flexibility index (Phi) is 1.87. The molecule has 0 spiro atoms.